The van der Waals surface area contributed by atoms with Crippen LogP contribution < -0.4 is 10.2 Å². The highest BCUT2D eigenvalue weighted by molar-refractivity contribution is 7.91. The Kier molecular flexibility index (Phi) is 7.39. The van der Waals surface area contributed by atoms with E-state index < -0.39 is 20.7 Å². The molecule has 1 aliphatic carbocycles. The van der Waals surface area contributed by atoms with Crippen molar-refractivity contribution < 1.29 is 22.7 Å². The number of methoxy groups -OCH3 is 1. The van der Waals surface area contributed by atoms with Gasteiger partial charge in [-0.15, -0.1) is 6.58 Å². The summed E-state index contributed by atoms with van der Waals surface area (Å²) in [6.07, 6.45) is 6.53. The summed E-state index contributed by atoms with van der Waals surface area (Å²) in [7, 11) is -0.190. The van der Waals surface area contributed by atoms with Crippen molar-refractivity contribution >= 4 is 44.1 Å². The molecule has 1 unspecified atom stereocenters. The second-order valence-electron chi connectivity index (χ2n) is 11.1. The van der Waals surface area contributed by atoms with E-state index in [4.69, 9.17) is 4.74 Å². The molecule has 0 radical (unpaired) electrons. The number of dihydropyridines is 1. The molecule has 1 aromatic carbocycles. The van der Waals surface area contributed by atoms with E-state index >= 15 is 0 Å². The molecule has 40 heavy (non-hydrogen) atoms. The largest absolute Gasteiger partial charge is 0.500 e. The van der Waals surface area contributed by atoms with E-state index in [2.05, 4.69) is 33.7 Å². The van der Waals surface area contributed by atoms with Crippen LogP contribution in [0.15, 0.2) is 47.8 Å². The van der Waals surface area contributed by atoms with Gasteiger partial charge in [0.2, 0.25) is 10.0 Å². The lowest BCUT2D eigenvalue weighted by atomic mass is 10.0. The summed E-state index contributed by atoms with van der Waals surface area (Å²) in [4.78, 5) is 34.8. The number of aromatic nitrogens is 1. The first kappa shape index (κ1) is 28.1. The number of ether oxygens (including phenoxy) is 1. The van der Waals surface area contributed by atoms with Crippen molar-refractivity contribution in [3.63, 3.8) is 0 Å². The SMILES string of the molecule is C=CCC1(S(=O)(=O)n2cc(C)c3c(C(=O)NCC4C(=O)N=C(C)C=C4OC)cc(N4CCN(C)CC4)cc32)CC1. The lowest BCUT2D eigenvalue weighted by Crippen LogP contribution is -2.44. The van der Waals surface area contributed by atoms with Crippen LogP contribution in [-0.2, 0) is 19.6 Å². The highest BCUT2D eigenvalue weighted by atomic mass is 32.2. The first-order valence-electron chi connectivity index (χ1n) is 13.6. The van der Waals surface area contributed by atoms with Gasteiger partial charge in [0.25, 0.3) is 11.8 Å². The summed E-state index contributed by atoms with van der Waals surface area (Å²) in [6, 6.07) is 3.72. The average molecular weight is 568 g/mol. The zero-order valence-corrected chi connectivity index (χ0v) is 24.4. The standard InChI is InChI=1S/C29H37N5O5S/c1-6-7-29(8-9-29)40(37,38)34-18-19(2)26-22(15-21(16-24(26)34)33-12-10-32(4)11-13-33)27(35)30-17-23-25(39-5)14-20(3)31-28(23)36/h6,14-16,18,23H,1,7-13,17H2,2-5H3,(H,30,35). The minimum Gasteiger partial charge on any atom is -0.500 e. The smallest absolute Gasteiger partial charge is 0.258 e. The van der Waals surface area contributed by atoms with Crippen molar-refractivity contribution in [3.8, 4) is 0 Å². The third-order valence-corrected chi connectivity index (χ3v) is 10.8. The van der Waals surface area contributed by atoms with E-state index in [0.717, 1.165) is 31.9 Å². The number of nitrogens with one attached hydrogen (secondary N) is 1. The molecule has 1 aromatic heterocycles. The summed E-state index contributed by atoms with van der Waals surface area (Å²) >= 11 is 0. The number of piperazine rings is 1. The molecule has 5 rings (SSSR count). The molecule has 2 amide bonds. The fourth-order valence-corrected chi connectivity index (χ4v) is 7.77. The van der Waals surface area contributed by atoms with E-state index in [1.807, 2.05) is 19.1 Å². The highest BCUT2D eigenvalue weighted by Crippen LogP contribution is 2.49. The van der Waals surface area contributed by atoms with Crippen LogP contribution in [0.3, 0.4) is 0 Å². The number of benzene rings is 1. The molecule has 0 spiro atoms. The number of fused-ring (bicyclic) bond motifs is 1. The van der Waals surface area contributed by atoms with Crippen LogP contribution in [0.1, 0.15) is 42.1 Å². The first-order valence-corrected chi connectivity index (χ1v) is 15.0. The predicted octanol–water partition coefficient (Wildman–Crippen LogP) is 2.87. The Hall–Kier alpha value is -3.44. The zero-order valence-electron chi connectivity index (χ0n) is 23.6. The number of likely N-dealkylation sites (N-methyl/N-ethyl adjacent to an activating group) is 1. The lowest BCUT2D eigenvalue weighted by Gasteiger charge is -2.34. The molecule has 11 heteroatoms. The van der Waals surface area contributed by atoms with Crippen molar-refractivity contribution in [3.05, 3.63) is 53.9 Å². The van der Waals surface area contributed by atoms with Gasteiger partial charge in [-0.1, -0.05) is 6.08 Å². The first-order chi connectivity index (χ1) is 19.0. The number of hydrogen-bond donors (Lipinski definition) is 1. The van der Waals surface area contributed by atoms with Gasteiger partial charge in [0.05, 0.1) is 22.9 Å². The van der Waals surface area contributed by atoms with Gasteiger partial charge in [-0.2, -0.15) is 0 Å². The fraction of sp³-hybridized carbons (Fsp3) is 0.483. The molecular formula is C29H37N5O5S. The Balaban J connectivity index is 1.56. The van der Waals surface area contributed by atoms with Crippen molar-refractivity contribution in [2.24, 2.45) is 10.9 Å². The van der Waals surface area contributed by atoms with E-state index in [9.17, 15) is 18.0 Å². The Morgan fingerprint density at radius 2 is 1.93 bits per heavy atom. The van der Waals surface area contributed by atoms with E-state index in [1.54, 1.807) is 25.3 Å². The normalized spacial score (nSPS) is 21.1. The van der Waals surface area contributed by atoms with Crippen LogP contribution in [-0.4, -0.2) is 86.4 Å². The number of anilines is 1. The maximum atomic E-state index is 13.9. The molecule has 3 aliphatic rings. The Bertz CT molecular complexity index is 1540. The number of amides is 2. The molecule has 2 fully saturated rings. The van der Waals surface area contributed by atoms with E-state index in [1.165, 1.54) is 11.1 Å². The number of hydrogen-bond acceptors (Lipinski definition) is 7. The van der Waals surface area contributed by atoms with Crippen molar-refractivity contribution in [2.75, 3.05) is 51.8 Å². The van der Waals surface area contributed by atoms with Crippen molar-refractivity contribution in [2.45, 2.75) is 37.9 Å². The van der Waals surface area contributed by atoms with Crippen LogP contribution in [0.25, 0.3) is 10.9 Å². The molecule has 3 heterocycles. The second kappa shape index (κ2) is 10.5. The third kappa shape index (κ3) is 4.85. The number of carbonyl (C=O) groups is 2. The Morgan fingerprint density at radius 3 is 2.55 bits per heavy atom. The van der Waals surface area contributed by atoms with Crippen LogP contribution >= 0.6 is 0 Å². The van der Waals surface area contributed by atoms with Gasteiger partial charge in [0.1, 0.15) is 11.7 Å². The Labute approximate surface area is 235 Å². The molecule has 1 N–H and O–H groups in total. The summed E-state index contributed by atoms with van der Waals surface area (Å²) in [6.45, 7) is 10.6. The number of allylic oxidation sites excluding steroid dienone is 2. The summed E-state index contributed by atoms with van der Waals surface area (Å²) in [5.41, 5.74) is 2.89. The minimum atomic E-state index is -3.74. The molecule has 10 nitrogen and oxygen atoms in total. The van der Waals surface area contributed by atoms with E-state index in [-0.39, 0.29) is 18.4 Å². The van der Waals surface area contributed by atoms with Crippen LogP contribution in [0.5, 0.6) is 0 Å². The van der Waals surface area contributed by atoms with Gasteiger partial charge in [-0.25, -0.2) is 17.4 Å². The maximum Gasteiger partial charge on any atom is 0.258 e. The minimum absolute atomic E-state index is 0.00878. The highest BCUT2D eigenvalue weighted by Gasteiger charge is 2.54. The second-order valence-corrected chi connectivity index (χ2v) is 13.3. The molecule has 214 valence electrons. The van der Waals surface area contributed by atoms with Crippen LogP contribution in [0.4, 0.5) is 5.69 Å². The van der Waals surface area contributed by atoms with E-state index in [0.29, 0.717) is 52.8 Å². The predicted molar refractivity (Wildman–Crippen MR) is 157 cm³/mol. The number of rotatable bonds is 9. The van der Waals surface area contributed by atoms with Gasteiger partial charge in [0, 0.05) is 55.7 Å². The molecule has 0 bridgehead atoms. The number of nitrogens with zero attached hydrogens (tertiary/aromatic N) is 4. The van der Waals surface area contributed by atoms with Gasteiger partial charge in [0.15, 0.2) is 0 Å². The van der Waals surface area contributed by atoms with Gasteiger partial charge >= 0.3 is 0 Å². The number of carbonyl (C=O) groups excluding carboxylic acids is 2. The maximum absolute atomic E-state index is 13.9. The summed E-state index contributed by atoms with van der Waals surface area (Å²) in [5.74, 6) is -1.05. The van der Waals surface area contributed by atoms with Crippen LogP contribution in [0.2, 0.25) is 0 Å². The van der Waals surface area contributed by atoms with Crippen molar-refractivity contribution in [1.82, 2.24) is 14.2 Å². The summed E-state index contributed by atoms with van der Waals surface area (Å²) in [5, 5.41) is 3.48. The number of aliphatic imine (C=N–C) groups is 1. The Morgan fingerprint density at radius 1 is 1.23 bits per heavy atom. The molecule has 1 atom stereocenters. The third-order valence-electron chi connectivity index (χ3n) is 8.27. The molecule has 1 saturated heterocycles. The van der Waals surface area contributed by atoms with Gasteiger partial charge in [-0.3, -0.25) is 9.59 Å². The van der Waals surface area contributed by atoms with Gasteiger partial charge < -0.3 is 19.9 Å². The lowest BCUT2D eigenvalue weighted by molar-refractivity contribution is -0.121. The average Bonchev–Trinajstić information content (AvgIpc) is 3.64. The molecular weight excluding hydrogens is 530 g/mol. The van der Waals surface area contributed by atoms with Crippen molar-refractivity contribution in [1.29, 1.82) is 0 Å². The zero-order chi connectivity index (χ0) is 28.8. The number of aryl methyl sites for hydroxylation is 1. The quantitative estimate of drug-likeness (QED) is 0.464. The summed E-state index contributed by atoms with van der Waals surface area (Å²) < 4.78 is 33.8. The molecule has 2 aliphatic heterocycles. The van der Waals surface area contributed by atoms with Crippen LogP contribution in [0, 0.1) is 12.8 Å². The molecule has 2 aromatic rings. The fourth-order valence-electron chi connectivity index (χ4n) is 5.71. The monoisotopic (exact) mass is 567 g/mol. The topological polar surface area (TPSA) is 113 Å². The van der Waals surface area contributed by atoms with Gasteiger partial charge in [-0.05, 0) is 63.9 Å². The molecule has 1 saturated carbocycles.